The maximum Gasteiger partial charge on any atom is 0.338 e. The zero-order valence-corrected chi connectivity index (χ0v) is 11.0. The van der Waals surface area contributed by atoms with Crippen LogP contribution < -0.4 is 10.6 Å². The standard InChI is InChI=1S/C14H17FN2O3/c15-12-7-9(1-4-11(12)14(19)20)8-16-6-5-13(18)17-10-2-3-10/h1,4,7,10,16H,2-3,5-6,8H2,(H,17,18)(H,19,20). The van der Waals surface area contributed by atoms with Crippen LogP contribution in [-0.4, -0.2) is 29.6 Å². The van der Waals surface area contributed by atoms with Crippen LogP contribution in [0.15, 0.2) is 18.2 Å². The topological polar surface area (TPSA) is 78.4 Å². The Bertz CT molecular complexity index is 515. The lowest BCUT2D eigenvalue weighted by atomic mass is 10.1. The van der Waals surface area contributed by atoms with E-state index >= 15 is 0 Å². The van der Waals surface area contributed by atoms with Gasteiger partial charge < -0.3 is 15.7 Å². The van der Waals surface area contributed by atoms with Crippen LogP contribution in [0.1, 0.15) is 35.2 Å². The van der Waals surface area contributed by atoms with Gasteiger partial charge in [0.25, 0.3) is 0 Å². The third-order valence-corrected chi connectivity index (χ3v) is 3.06. The molecule has 0 aliphatic heterocycles. The van der Waals surface area contributed by atoms with E-state index in [-0.39, 0.29) is 11.5 Å². The van der Waals surface area contributed by atoms with Gasteiger partial charge in [0.1, 0.15) is 5.82 Å². The second kappa shape index (κ2) is 6.47. The Morgan fingerprint density at radius 2 is 2.10 bits per heavy atom. The van der Waals surface area contributed by atoms with Crippen LogP contribution in [0.25, 0.3) is 0 Å². The summed E-state index contributed by atoms with van der Waals surface area (Å²) in [6, 6.07) is 4.36. The Labute approximate surface area is 116 Å². The third-order valence-electron chi connectivity index (χ3n) is 3.06. The summed E-state index contributed by atoms with van der Waals surface area (Å²) in [5.41, 5.74) is 0.313. The van der Waals surface area contributed by atoms with Gasteiger partial charge in [0, 0.05) is 25.6 Å². The summed E-state index contributed by atoms with van der Waals surface area (Å²) < 4.78 is 13.4. The van der Waals surface area contributed by atoms with Crippen LogP contribution in [-0.2, 0) is 11.3 Å². The summed E-state index contributed by atoms with van der Waals surface area (Å²) in [4.78, 5) is 22.1. The van der Waals surface area contributed by atoms with Crippen molar-refractivity contribution in [2.45, 2.75) is 31.8 Å². The lowest BCUT2D eigenvalue weighted by Crippen LogP contribution is -2.29. The van der Waals surface area contributed by atoms with Gasteiger partial charge in [-0.2, -0.15) is 0 Å². The largest absolute Gasteiger partial charge is 0.478 e. The van der Waals surface area contributed by atoms with Gasteiger partial charge in [-0.1, -0.05) is 6.07 Å². The number of hydrogen-bond acceptors (Lipinski definition) is 3. The molecule has 1 fully saturated rings. The first-order chi connectivity index (χ1) is 9.56. The smallest absolute Gasteiger partial charge is 0.338 e. The van der Waals surface area contributed by atoms with Crippen LogP contribution in [0.2, 0.25) is 0 Å². The molecule has 0 heterocycles. The van der Waals surface area contributed by atoms with Crippen molar-refractivity contribution in [1.29, 1.82) is 0 Å². The number of halogens is 1. The van der Waals surface area contributed by atoms with E-state index in [9.17, 15) is 14.0 Å². The number of carboxylic acid groups (broad SMARTS) is 1. The van der Waals surface area contributed by atoms with Crippen LogP contribution in [0.3, 0.4) is 0 Å². The van der Waals surface area contributed by atoms with Gasteiger partial charge in [0.15, 0.2) is 0 Å². The molecule has 3 N–H and O–H groups in total. The van der Waals surface area contributed by atoms with E-state index in [0.29, 0.717) is 31.1 Å². The predicted octanol–water partition coefficient (Wildman–Crippen LogP) is 1.28. The van der Waals surface area contributed by atoms with E-state index in [1.165, 1.54) is 12.1 Å². The van der Waals surface area contributed by atoms with Crippen LogP contribution >= 0.6 is 0 Å². The Morgan fingerprint density at radius 1 is 1.35 bits per heavy atom. The molecule has 6 heteroatoms. The molecule has 0 aromatic heterocycles. The van der Waals surface area contributed by atoms with Gasteiger partial charge >= 0.3 is 5.97 Å². The molecule has 2 rings (SSSR count). The molecule has 0 spiro atoms. The van der Waals surface area contributed by atoms with Gasteiger partial charge in [-0.25, -0.2) is 9.18 Å². The fourth-order valence-corrected chi connectivity index (χ4v) is 1.80. The molecule has 0 atom stereocenters. The molecule has 0 saturated heterocycles. The first kappa shape index (κ1) is 14.5. The zero-order valence-electron chi connectivity index (χ0n) is 11.0. The molecule has 0 bridgehead atoms. The van der Waals surface area contributed by atoms with Gasteiger partial charge in [-0.15, -0.1) is 0 Å². The minimum Gasteiger partial charge on any atom is -0.478 e. The fourth-order valence-electron chi connectivity index (χ4n) is 1.80. The number of aromatic carboxylic acids is 1. The van der Waals surface area contributed by atoms with Crippen molar-refractivity contribution in [3.8, 4) is 0 Å². The Kier molecular flexibility index (Phi) is 4.68. The molecule has 1 aliphatic rings. The van der Waals surface area contributed by atoms with Crippen LogP contribution in [0, 0.1) is 5.82 Å². The van der Waals surface area contributed by atoms with Crippen molar-refractivity contribution >= 4 is 11.9 Å². The molecule has 1 saturated carbocycles. The van der Waals surface area contributed by atoms with E-state index in [1.54, 1.807) is 6.07 Å². The Balaban J connectivity index is 1.72. The first-order valence-electron chi connectivity index (χ1n) is 6.58. The normalized spacial score (nSPS) is 14.1. The molecular weight excluding hydrogens is 263 g/mol. The highest BCUT2D eigenvalue weighted by Gasteiger charge is 2.22. The van der Waals surface area contributed by atoms with Crippen molar-refractivity contribution < 1.29 is 19.1 Å². The zero-order chi connectivity index (χ0) is 14.5. The first-order valence-corrected chi connectivity index (χ1v) is 6.58. The molecule has 1 amide bonds. The summed E-state index contributed by atoms with van der Waals surface area (Å²) in [5, 5.41) is 14.6. The molecular formula is C14H17FN2O3. The summed E-state index contributed by atoms with van der Waals surface area (Å²) in [6.07, 6.45) is 2.51. The molecule has 108 valence electrons. The van der Waals surface area contributed by atoms with E-state index in [1.807, 2.05) is 0 Å². The highest BCUT2D eigenvalue weighted by molar-refractivity contribution is 5.87. The van der Waals surface area contributed by atoms with E-state index in [4.69, 9.17) is 5.11 Å². The molecule has 0 unspecified atom stereocenters. The average molecular weight is 280 g/mol. The number of rotatable bonds is 7. The number of carbonyl (C=O) groups excluding carboxylic acids is 1. The molecule has 1 aromatic carbocycles. The minimum atomic E-state index is -1.28. The van der Waals surface area contributed by atoms with Gasteiger partial charge in [0.2, 0.25) is 5.91 Å². The number of carbonyl (C=O) groups is 2. The highest BCUT2D eigenvalue weighted by Crippen LogP contribution is 2.18. The molecule has 5 nitrogen and oxygen atoms in total. The second-order valence-corrected chi connectivity index (χ2v) is 4.89. The Morgan fingerprint density at radius 3 is 2.70 bits per heavy atom. The van der Waals surface area contributed by atoms with Crippen molar-refractivity contribution in [3.05, 3.63) is 35.1 Å². The fraction of sp³-hybridized carbons (Fsp3) is 0.429. The summed E-state index contributed by atoms with van der Waals surface area (Å²) >= 11 is 0. The van der Waals surface area contributed by atoms with Gasteiger partial charge in [-0.05, 0) is 30.5 Å². The van der Waals surface area contributed by atoms with Crippen molar-refractivity contribution in [2.75, 3.05) is 6.54 Å². The van der Waals surface area contributed by atoms with Crippen LogP contribution in [0.4, 0.5) is 4.39 Å². The molecule has 0 radical (unpaired) electrons. The Hall–Kier alpha value is -1.95. The number of hydrogen-bond donors (Lipinski definition) is 3. The maximum atomic E-state index is 13.4. The van der Waals surface area contributed by atoms with Crippen molar-refractivity contribution in [2.24, 2.45) is 0 Å². The predicted molar refractivity (Wildman–Crippen MR) is 70.8 cm³/mol. The average Bonchev–Trinajstić information content (AvgIpc) is 3.18. The maximum absolute atomic E-state index is 13.4. The summed E-state index contributed by atoms with van der Waals surface area (Å²) in [5.74, 6) is -2.01. The quantitative estimate of drug-likeness (QED) is 0.657. The summed E-state index contributed by atoms with van der Waals surface area (Å²) in [6.45, 7) is 0.897. The number of amides is 1. The lowest BCUT2D eigenvalue weighted by molar-refractivity contribution is -0.121. The molecule has 1 aliphatic carbocycles. The number of benzene rings is 1. The number of nitrogens with one attached hydrogen (secondary N) is 2. The summed E-state index contributed by atoms with van der Waals surface area (Å²) in [7, 11) is 0. The van der Waals surface area contributed by atoms with Crippen molar-refractivity contribution in [3.63, 3.8) is 0 Å². The van der Waals surface area contributed by atoms with E-state index in [0.717, 1.165) is 12.8 Å². The molecule has 20 heavy (non-hydrogen) atoms. The third kappa shape index (κ3) is 4.31. The van der Waals surface area contributed by atoms with Crippen molar-refractivity contribution in [1.82, 2.24) is 10.6 Å². The van der Waals surface area contributed by atoms with E-state index < -0.39 is 11.8 Å². The van der Waals surface area contributed by atoms with Gasteiger partial charge in [-0.3, -0.25) is 4.79 Å². The number of carboxylic acids is 1. The highest BCUT2D eigenvalue weighted by atomic mass is 19.1. The van der Waals surface area contributed by atoms with Gasteiger partial charge in [0.05, 0.1) is 5.56 Å². The molecule has 1 aromatic rings. The second-order valence-electron chi connectivity index (χ2n) is 4.89. The lowest BCUT2D eigenvalue weighted by Gasteiger charge is -2.06. The minimum absolute atomic E-state index is 0.0207. The SMILES string of the molecule is O=C(CCNCc1ccc(C(=O)O)c(F)c1)NC1CC1. The van der Waals surface area contributed by atoms with Crippen LogP contribution in [0.5, 0.6) is 0 Å². The van der Waals surface area contributed by atoms with E-state index in [2.05, 4.69) is 10.6 Å². The monoisotopic (exact) mass is 280 g/mol.